The van der Waals surface area contributed by atoms with Crippen LogP contribution in [0.15, 0.2) is 182 Å². The fourth-order valence-electron chi connectivity index (χ4n) is 7.67. The Morgan fingerprint density at radius 3 is 0.915 bits per heavy atom. The Hall–Kier alpha value is -7.08. The summed E-state index contributed by atoms with van der Waals surface area (Å²) in [5.41, 5.74) is 17.5. The van der Waals surface area contributed by atoms with Crippen LogP contribution in [-0.4, -0.2) is 19.3 Å². The number of benzene rings is 8. The zero-order chi connectivity index (χ0) is 40.9. The van der Waals surface area contributed by atoms with Gasteiger partial charge in [0.05, 0.1) is 20.8 Å². The number of hydrogen-bond acceptors (Lipinski definition) is 5. The molecule has 0 radical (unpaired) electrons. The fourth-order valence-corrected chi connectivity index (χ4v) is 7.67. The molecule has 0 aliphatic carbocycles. The molecule has 0 amide bonds. The zero-order valence-electron chi connectivity index (χ0n) is 34.2. The van der Waals surface area contributed by atoms with Gasteiger partial charge >= 0.3 is 0 Å². The van der Waals surface area contributed by atoms with Crippen molar-refractivity contribution >= 4 is 34.1 Å². The summed E-state index contributed by atoms with van der Waals surface area (Å²) in [7, 11) is 3.41. The first kappa shape index (κ1) is 38.8. The molecule has 0 aliphatic rings. The van der Waals surface area contributed by atoms with Crippen LogP contribution in [0.1, 0.15) is 22.3 Å². The molecule has 0 aliphatic heterocycles. The van der Waals surface area contributed by atoms with Crippen LogP contribution < -0.4 is 19.3 Å². The summed E-state index contributed by atoms with van der Waals surface area (Å²) in [6.45, 7) is 6.26. The first-order valence-corrected chi connectivity index (χ1v) is 19.9. The number of aliphatic hydroxyl groups excluding tert-OH is 1. The zero-order valence-corrected chi connectivity index (χ0v) is 34.2. The van der Waals surface area contributed by atoms with E-state index in [1.54, 1.807) is 14.2 Å². The highest BCUT2D eigenvalue weighted by Crippen LogP contribution is 2.40. The second-order valence-corrected chi connectivity index (χ2v) is 14.9. The van der Waals surface area contributed by atoms with E-state index < -0.39 is 0 Å². The third-order valence-electron chi connectivity index (χ3n) is 11.0. The van der Waals surface area contributed by atoms with Crippen molar-refractivity contribution in [3.63, 3.8) is 0 Å². The summed E-state index contributed by atoms with van der Waals surface area (Å²) in [6, 6.07) is 64.3. The van der Waals surface area contributed by atoms with Crippen LogP contribution in [0.3, 0.4) is 0 Å². The summed E-state index contributed by atoms with van der Waals surface area (Å²) >= 11 is 0. The molecule has 5 nitrogen and oxygen atoms in total. The number of rotatable bonds is 12. The van der Waals surface area contributed by atoms with Crippen LogP contribution in [-0.2, 0) is 6.61 Å². The summed E-state index contributed by atoms with van der Waals surface area (Å²) < 4.78 is 11.0. The minimum Gasteiger partial charge on any atom is -0.496 e. The van der Waals surface area contributed by atoms with Gasteiger partial charge in [-0.3, -0.25) is 0 Å². The van der Waals surface area contributed by atoms with Gasteiger partial charge in [-0.25, -0.2) is 0 Å². The normalized spacial score (nSPS) is 10.9. The van der Waals surface area contributed by atoms with E-state index in [9.17, 15) is 5.11 Å². The van der Waals surface area contributed by atoms with Gasteiger partial charge in [-0.1, -0.05) is 90.5 Å². The molecule has 8 aromatic carbocycles. The van der Waals surface area contributed by atoms with Crippen LogP contribution in [0.25, 0.3) is 33.4 Å². The van der Waals surface area contributed by atoms with Gasteiger partial charge in [-0.05, 0) is 168 Å². The highest BCUT2D eigenvalue weighted by atomic mass is 16.5. The molecule has 0 spiro atoms. The van der Waals surface area contributed by atoms with Gasteiger partial charge in [0.15, 0.2) is 0 Å². The maximum Gasteiger partial charge on any atom is 0.121 e. The maximum absolute atomic E-state index is 9.75. The minimum atomic E-state index is 0.00310. The number of methoxy groups -OCH3 is 2. The Bertz CT molecular complexity index is 2650. The van der Waals surface area contributed by atoms with E-state index >= 15 is 0 Å². The molecule has 5 heteroatoms. The highest BCUT2D eigenvalue weighted by Gasteiger charge is 2.16. The molecule has 0 heterocycles. The number of hydrogen-bond donors (Lipinski definition) is 1. The molecule has 0 bridgehead atoms. The lowest BCUT2D eigenvalue weighted by atomic mass is 10.0. The highest BCUT2D eigenvalue weighted by molar-refractivity contribution is 5.82. The molecule has 59 heavy (non-hydrogen) atoms. The fraction of sp³-hybridized carbons (Fsp3) is 0.111. The molecule has 0 fully saturated rings. The molecule has 8 aromatic rings. The van der Waals surface area contributed by atoms with Gasteiger partial charge in [0.1, 0.15) is 11.5 Å². The molecule has 0 unspecified atom stereocenters. The van der Waals surface area contributed by atoms with E-state index in [1.165, 1.54) is 5.56 Å². The number of anilines is 6. The van der Waals surface area contributed by atoms with Gasteiger partial charge < -0.3 is 24.4 Å². The molecule has 0 atom stereocenters. The van der Waals surface area contributed by atoms with Gasteiger partial charge in [-0.15, -0.1) is 0 Å². The molecule has 1 N–H and O–H groups in total. The van der Waals surface area contributed by atoms with Gasteiger partial charge in [0.2, 0.25) is 0 Å². The average Bonchev–Trinajstić information content (AvgIpc) is 3.28. The van der Waals surface area contributed by atoms with Crippen molar-refractivity contribution in [2.24, 2.45) is 0 Å². The minimum absolute atomic E-state index is 0.00310. The van der Waals surface area contributed by atoms with Crippen molar-refractivity contribution in [1.29, 1.82) is 0 Å². The van der Waals surface area contributed by atoms with Crippen molar-refractivity contribution < 1.29 is 14.6 Å². The van der Waals surface area contributed by atoms with Crippen molar-refractivity contribution in [2.45, 2.75) is 27.4 Å². The maximum atomic E-state index is 9.75. The van der Waals surface area contributed by atoms with Crippen LogP contribution in [0.5, 0.6) is 11.5 Å². The Morgan fingerprint density at radius 2 is 0.627 bits per heavy atom. The van der Waals surface area contributed by atoms with Crippen LogP contribution in [0, 0.1) is 20.8 Å². The van der Waals surface area contributed by atoms with E-state index in [1.807, 2.05) is 24.3 Å². The van der Waals surface area contributed by atoms with Gasteiger partial charge in [0.25, 0.3) is 0 Å². The first-order chi connectivity index (χ1) is 28.8. The van der Waals surface area contributed by atoms with Crippen LogP contribution in [0.2, 0.25) is 0 Å². The summed E-state index contributed by atoms with van der Waals surface area (Å²) in [6.07, 6.45) is 0. The summed E-state index contributed by atoms with van der Waals surface area (Å²) in [5.74, 6) is 1.78. The third-order valence-corrected chi connectivity index (χ3v) is 11.0. The summed E-state index contributed by atoms with van der Waals surface area (Å²) in [5, 5.41) is 9.75. The van der Waals surface area contributed by atoms with E-state index in [4.69, 9.17) is 9.47 Å². The largest absolute Gasteiger partial charge is 0.496 e. The topological polar surface area (TPSA) is 45.2 Å². The molecular formula is C54H48N2O3. The Morgan fingerprint density at radius 1 is 0.356 bits per heavy atom. The van der Waals surface area contributed by atoms with Gasteiger partial charge in [0, 0.05) is 34.1 Å². The Balaban J connectivity index is 1.08. The van der Waals surface area contributed by atoms with Crippen LogP contribution >= 0.6 is 0 Å². The second kappa shape index (κ2) is 17.2. The first-order valence-electron chi connectivity index (χ1n) is 19.9. The smallest absolute Gasteiger partial charge is 0.121 e. The predicted octanol–water partition coefficient (Wildman–Crippen LogP) is 14.1. The van der Waals surface area contributed by atoms with Gasteiger partial charge in [-0.2, -0.15) is 0 Å². The van der Waals surface area contributed by atoms with E-state index in [2.05, 4.69) is 188 Å². The monoisotopic (exact) mass is 772 g/mol. The molecule has 0 aromatic heterocycles. The van der Waals surface area contributed by atoms with E-state index in [-0.39, 0.29) is 6.61 Å². The summed E-state index contributed by atoms with van der Waals surface area (Å²) in [4.78, 5) is 4.55. The number of aryl methyl sites for hydroxylation is 3. The molecular weight excluding hydrogens is 725 g/mol. The number of aliphatic hydroxyl groups is 1. The van der Waals surface area contributed by atoms with Crippen LogP contribution in [0.4, 0.5) is 34.1 Å². The number of ether oxygens (including phenoxy) is 2. The average molecular weight is 773 g/mol. The molecule has 292 valence electrons. The molecule has 0 saturated carbocycles. The van der Waals surface area contributed by atoms with E-state index in [0.29, 0.717) is 0 Å². The lowest BCUT2D eigenvalue weighted by Gasteiger charge is -2.26. The van der Waals surface area contributed by atoms with Crippen molar-refractivity contribution in [3.05, 3.63) is 204 Å². The SMILES string of the molecule is COc1ccc(-c2ccc(N(c3ccc(C)cc3)c3ccc(-c4ccc(N(c5ccc(CO)cc5)c5ccc(-c6ccc(OC)c(C)c6)cc5)cc4)cc3)cc2)cc1C. The Labute approximate surface area is 348 Å². The predicted molar refractivity (Wildman–Crippen MR) is 245 cm³/mol. The van der Waals surface area contributed by atoms with Crippen molar-refractivity contribution in [3.8, 4) is 44.9 Å². The lowest BCUT2D eigenvalue weighted by Crippen LogP contribution is -2.10. The quantitative estimate of drug-likeness (QED) is 0.134. The molecule has 0 saturated heterocycles. The van der Waals surface area contributed by atoms with Crippen molar-refractivity contribution in [1.82, 2.24) is 0 Å². The lowest BCUT2D eigenvalue weighted by molar-refractivity contribution is 0.282. The Kier molecular flexibility index (Phi) is 11.3. The standard InChI is InChI=1S/C54H48N2O3/c1-37-6-20-47(21-7-37)55(51-28-14-43(15-29-51)45-18-32-53(58-4)38(2)34-45)49-24-10-41(11-25-49)42-12-26-50(27-13-42)56(48-22-8-40(36-57)9-23-48)52-30-16-44(17-31-52)46-19-33-54(59-5)39(3)35-46/h6-35,57H,36H2,1-5H3. The molecule has 8 rings (SSSR count). The number of nitrogens with zero attached hydrogens (tertiary/aromatic N) is 2. The third kappa shape index (κ3) is 8.33. The van der Waals surface area contributed by atoms with E-state index in [0.717, 1.165) is 95.7 Å². The second-order valence-electron chi connectivity index (χ2n) is 14.9. The van der Waals surface area contributed by atoms with Crippen molar-refractivity contribution in [2.75, 3.05) is 24.0 Å².